The molecule has 11 heteroatoms. The van der Waals surface area contributed by atoms with Crippen molar-refractivity contribution in [3.05, 3.63) is 41.6 Å². The minimum Gasteiger partial charge on any atom is -0.507 e. The van der Waals surface area contributed by atoms with E-state index in [1.54, 1.807) is 24.4 Å². The van der Waals surface area contributed by atoms with Crippen LogP contribution in [0, 0.1) is 23.7 Å². The van der Waals surface area contributed by atoms with Crippen molar-refractivity contribution >= 4 is 45.9 Å². The van der Waals surface area contributed by atoms with Crippen LogP contribution in [-0.4, -0.2) is 55.0 Å². The van der Waals surface area contributed by atoms with Gasteiger partial charge in [-0.15, -0.1) is 0 Å². The predicted octanol–water partition coefficient (Wildman–Crippen LogP) is 1.03. The second-order valence-corrected chi connectivity index (χ2v) is 10.9. The van der Waals surface area contributed by atoms with Crippen molar-refractivity contribution in [1.82, 2.24) is 4.98 Å². The van der Waals surface area contributed by atoms with Crippen molar-refractivity contribution in [2.45, 2.75) is 36.8 Å². The number of phenols is 1. The van der Waals surface area contributed by atoms with Gasteiger partial charge in [0.2, 0.25) is 5.91 Å². The van der Waals surface area contributed by atoms with Crippen LogP contribution in [0.1, 0.15) is 35.7 Å². The molecule has 4 N–H and O–H groups in total. The first-order valence-corrected chi connectivity index (χ1v) is 12.4. The fourth-order valence-corrected chi connectivity index (χ4v) is 6.52. The molecule has 37 heavy (non-hydrogen) atoms. The molecular weight excluding hydrogens is 500 g/mol. The van der Waals surface area contributed by atoms with Crippen LogP contribution in [0.4, 0.5) is 0 Å². The molecule has 2 fully saturated rings. The fourth-order valence-electron chi connectivity index (χ4n) is 5.99. The average Bonchev–Trinajstić information content (AvgIpc) is 2.81. The van der Waals surface area contributed by atoms with E-state index >= 15 is 0 Å². The maximum atomic E-state index is 13.6. The first-order chi connectivity index (χ1) is 17.4. The Balaban J connectivity index is 1.56. The summed E-state index contributed by atoms with van der Waals surface area (Å²) in [7, 11) is 0. The highest BCUT2D eigenvalue weighted by molar-refractivity contribution is 8.13. The Bertz CT molecular complexity index is 1420. The maximum Gasteiger partial charge on any atom is 0.235 e. The van der Waals surface area contributed by atoms with Crippen LogP contribution in [0.25, 0.3) is 11.1 Å². The molecule has 0 aliphatic heterocycles. The summed E-state index contributed by atoms with van der Waals surface area (Å²) in [6, 6.07) is 6.34. The van der Waals surface area contributed by atoms with Crippen LogP contribution in [0.5, 0.6) is 5.75 Å². The number of carbonyl (C=O) groups excluding carboxylic acids is 6. The number of aromatic nitrogens is 1. The van der Waals surface area contributed by atoms with Gasteiger partial charge >= 0.3 is 0 Å². The Labute approximate surface area is 214 Å². The van der Waals surface area contributed by atoms with Gasteiger partial charge in [0.25, 0.3) is 0 Å². The number of primary amides is 1. The van der Waals surface area contributed by atoms with Gasteiger partial charge in [0.05, 0.1) is 11.5 Å². The van der Waals surface area contributed by atoms with Gasteiger partial charge in [-0.05, 0) is 53.8 Å². The minimum atomic E-state index is -2.68. The van der Waals surface area contributed by atoms with E-state index in [1.165, 1.54) is 13.0 Å². The predicted molar refractivity (Wildman–Crippen MR) is 128 cm³/mol. The number of nitrogens with zero attached hydrogens (tertiary/aromatic N) is 1. The van der Waals surface area contributed by atoms with Crippen molar-refractivity contribution in [2.75, 3.05) is 0 Å². The van der Waals surface area contributed by atoms with E-state index in [0.717, 1.165) is 11.8 Å². The molecule has 0 bridgehead atoms. The number of benzene rings is 1. The Hall–Kier alpha value is -3.70. The molecule has 0 spiro atoms. The zero-order chi connectivity index (χ0) is 26.8. The summed E-state index contributed by atoms with van der Waals surface area (Å²) < 4.78 is 0. The fraction of sp³-hybridized carbons (Fsp3) is 0.346. The monoisotopic (exact) mass is 522 g/mol. The van der Waals surface area contributed by atoms with Crippen molar-refractivity contribution in [3.8, 4) is 16.9 Å². The zero-order valence-electron chi connectivity index (χ0n) is 19.6. The first-order valence-electron chi connectivity index (χ1n) is 11.6. The van der Waals surface area contributed by atoms with E-state index < -0.39 is 64.7 Å². The van der Waals surface area contributed by atoms with Gasteiger partial charge in [0.1, 0.15) is 10.8 Å². The molecular formula is C26H22N2O8S. The van der Waals surface area contributed by atoms with Crippen molar-refractivity contribution in [3.63, 3.8) is 0 Å². The van der Waals surface area contributed by atoms with Crippen molar-refractivity contribution in [1.29, 1.82) is 0 Å². The summed E-state index contributed by atoms with van der Waals surface area (Å²) >= 11 is 0.972. The van der Waals surface area contributed by atoms with Crippen molar-refractivity contribution < 1.29 is 39.0 Å². The third kappa shape index (κ3) is 3.72. The van der Waals surface area contributed by atoms with Crippen LogP contribution in [0.3, 0.4) is 0 Å². The highest BCUT2D eigenvalue weighted by Crippen LogP contribution is 2.51. The van der Waals surface area contributed by atoms with E-state index in [2.05, 4.69) is 4.98 Å². The lowest BCUT2D eigenvalue weighted by molar-refractivity contribution is -0.175. The molecule has 1 aromatic carbocycles. The highest BCUT2D eigenvalue weighted by Gasteiger charge is 2.66. The standard InChI is InChI=1S/C26H22N2O8S/c1-10(29)37-18-5-2-11(9-28-18)14-3-4-16(30)20-15(14)7-12-6-13-8-17(31)21(25(27)35)24(34)26(13,36)23(33)19(12)22(20)32/h2-5,9,12-13,19,21,30,36H,6-8H2,1H3,(H2,27,35)/t12-,13+,19?,21?,26+/m1/s1. The van der Waals surface area contributed by atoms with Gasteiger partial charge in [-0.25, -0.2) is 4.98 Å². The summed E-state index contributed by atoms with van der Waals surface area (Å²) in [4.78, 5) is 80.0. The Morgan fingerprint density at radius 1 is 1.08 bits per heavy atom. The lowest BCUT2D eigenvalue weighted by atomic mass is 9.53. The molecule has 190 valence electrons. The quantitative estimate of drug-likeness (QED) is 0.389. The van der Waals surface area contributed by atoms with Crippen LogP contribution in [0.2, 0.25) is 0 Å². The molecule has 1 aromatic heterocycles. The van der Waals surface area contributed by atoms with E-state index in [9.17, 15) is 39.0 Å². The Morgan fingerprint density at radius 2 is 1.81 bits per heavy atom. The maximum absolute atomic E-state index is 13.6. The zero-order valence-corrected chi connectivity index (χ0v) is 20.4. The molecule has 2 saturated carbocycles. The third-order valence-electron chi connectivity index (χ3n) is 7.58. The number of ketones is 4. The first kappa shape index (κ1) is 25.0. The number of amides is 1. The van der Waals surface area contributed by atoms with E-state index in [0.29, 0.717) is 21.7 Å². The molecule has 0 radical (unpaired) electrons. The van der Waals surface area contributed by atoms with Crippen LogP contribution >= 0.6 is 11.8 Å². The number of pyridine rings is 1. The van der Waals surface area contributed by atoms with Crippen LogP contribution < -0.4 is 5.73 Å². The summed E-state index contributed by atoms with van der Waals surface area (Å²) in [6.45, 7) is 1.42. The lowest BCUT2D eigenvalue weighted by Crippen LogP contribution is -2.68. The molecule has 2 unspecified atom stereocenters. The number of aliphatic hydroxyl groups is 1. The molecule has 0 saturated heterocycles. The third-order valence-corrected chi connectivity index (χ3v) is 8.32. The second kappa shape index (κ2) is 8.70. The topological polar surface area (TPSA) is 182 Å². The molecule has 2 aromatic rings. The number of Topliss-reactive ketones (excluding diaryl/α,β-unsaturated/α-hetero) is 4. The van der Waals surface area contributed by atoms with Gasteiger partial charge < -0.3 is 15.9 Å². The van der Waals surface area contributed by atoms with Crippen molar-refractivity contribution in [2.24, 2.45) is 29.4 Å². The van der Waals surface area contributed by atoms with Gasteiger partial charge in [-0.1, -0.05) is 12.1 Å². The number of nitrogens with two attached hydrogens (primary N) is 1. The molecule has 3 aliphatic carbocycles. The average molecular weight is 523 g/mol. The number of hydrogen-bond donors (Lipinski definition) is 3. The van der Waals surface area contributed by atoms with E-state index in [1.807, 2.05) is 0 Å². The normalized spacial score (nSPS) is 28.8. The number of rotatable bonds is 3. The molecule has 3 aliphatic rings. The number of thioether (sulfide) groups is 1. The van der Waals surface area contributed by atoms with Gasteiger partial charge in [0, 0.05) is 31.0 Å². The molecule has 5 atom stereocenters. The van der Waals surface area contributed by atoms with Gasteiger partial charge in [-0.2, -0.15) is 0 Å². The molecule has 5 rings (SSSR count). The molecule has 1 heterocycles. The summed E-state index contributed by atoms with van der Waals surface area (Å²) in [5, 5.41) is 22.2. The van der Waals surface area contributed by atoms with Gasteiger partial charge in [0.15, 0.2) is 39.8 Å². The Morgan fingerprint density at radius 3 is 2.43 bits per heavy atom. The second-order valence-electron chi connectivity index (χ2n) is 9.70. The number of hydrogen-bond acceptors (Lipinski definition) is 10. The van der Waals surface area contributed by atoms with Gasteiger partial charge in [-0.3, -0.25) is 28.8 Å². The molecule has 10 nitrogen and oxygen atoms in total. The summed E-state index contributed by atoms with van der Waals surface area (Å²) in [5.41, 5.74) is 4.15. The van der Waals surface area contributed by atoms with Crippen LogP contribution in [-0.2, 0) is 30.4 Å². The SMILES string of the molecule is CC(=O)Sc1ccc(-c2ccc(O)c3c2C[C@H]2C[C@H]4CC(=O)C(C(N)=O)C(=O)[C@@]4(O)C(=O)C2C3=O)cn1. The highest BCUT2D eigenvalue weighted by atomic mass is 32.2. The number of aromatic hydroxyl groups is 1. The smallest absolute Gasteiger partial charge is 0.235 e. The number of carbonyl (C=O) groups is 6. The number of phenolic OH excluding ortho intramolecular Hbond substituents is 1. The van der Waals surface area contributed by atoms with E-state index in [-0.39, 0.29) is 29.3 Å². The summed E-state index contributed by atoms with van der Waals surface area (Å²) in [6.07, 6.45) is 1.33. The van der Waals surface area contributed by atoms with E-state index in [4.69, 9.17) is 5.73 Å². The van der Waals surface area contributed by atoms with Crippen LogP contribution in [0.15, 0.2) is 35.5 Å². The Kier molecular flexibility index (Phi) is 5.87. The minimum absolute atomic E-state index is 0.0165. The number of fused-ring (bicyclic) bond motifs is 3. The largest absolute Gasteiger partial charge is 0.507 e. The summed E-state index contributed by atoms with van der Waals surface area (Å²) in [5.74, 6) is -10.5. The lowest BCUT2D eigenvalue weighted by Gasteiger charge is -2.48. The molecule has 1 amide bonds.